The van der Waals surface area contributed by atoms with Crippen LogP contribution in [0.1, 0.15) is 25.6 Å². The number of hydrogen-bond acceptors (Lipinski definition) is 8. The minimum Gasteiger partial charge on any atom is -0.394 e. The number of nitrogens with one attached hydrogen (secondary N) is 2. The van der Waals surface area contributed by atoms with Crippen LogP contribution in [0.4, 0.5) is 5.82 Å². The van der Waals surface area contributed by atoms with Crippen LogP contribution in [0.15, 0.2) is 18.0 Å². The molecule has 3 heterocycles. The van der Waals surface area contributed by atoms with Crippen molar-refractivity contribution in [2.24, 2.45) is 0 Å². The van der Waals surface area contributed by atoms with Gasteiger partial charge in [-0.1, -0.05) is 11.6 Å². The normalized spacial score (nSPS) is 26.7. The van der Waals surface area contributed by atoms with Crippen LogP contribution < -0.4 is 5.32 Å². The van der Waals surface area contributed by atoms with Crippen molar-refractivity contribution in [1.29, 1.82) is 0 Å². The van der Waals surface area contributed by atoms with Crippen molar-refractivity contribution in [2.45, 2.75) is 38.3 Å². The summed E-state index contributed by atoms with van der Waals surface area (Å²) in [6.07, 6.45) is -0.623. The zero-order valence-corrected chi connectivity index (χ0v) is 13.5. The van der Waals surface area contributed by atoms with Gasteiger partial charge in [0, 0.05) is 6.54 Å². The number of fused-ring (bicyclic) bond motifs is 1. The number of hydrogen-bond donors (Lipinski definition) is 5. The van der Waals surface area contributed by atoms with Gasteiger partial charge in [-0.05, 0) is 13.8 Å². The third-order valence-corrected chi connectivity index (χ3v) is 3.97. The topological polar surface area (TPSA) is 136 Å². The predicted octanol–water partition coefficient (Wildman–Crippen LogP) is -0.115. The zero-order chi connectivity index (χ0) is 17.3. The molecule has 1 saturated heterocycles. The van der Waals surface area contributed by atoms with E-state index in [-0.39, 0.29) is 6.61 Å². The fourth-order valence-electron chi connectivity index (χ4n) is 2.67. The maximum absolute atomic E-state index is 10.2. The monoisotopic (exact) mass is 335 g/mol. The minimum absolute atomic E-state index is 0.384. The molecule has 4 unspecified atom stereocenters. The molecule has 5 N–H and O–H groups in total. The second-order valence-electron chi connectivity index (χ2n) is 5.98. The van der Waals surface area contributed by atoms with E-state index >= 15 is 0 Å². The molecule has 0 aromatic carbocycles. The second kappa shape index (κ2) is 6.81. The van der Waals surface area contributed by atoms with E-state index in [2.05, 4.69) is 25.5 Å². The lowest BCUT2D eigenvalue weighted by Gasteiger charge is -2.12. The molecule has 0 radical (unpaired) electrons. The van der Waals surface area contributed by atoms with E-state index in [0.29, 0.717) is 29.1 Å². The number of aliphatic hydroxyl groups is 3. The number of H-pyrrole nitrogens is 1. The van der Waals surface area contributed by atoms with E-state index in [1.807, 2.05) is 19.9 Å². The van der Waals surface area contributed by atoms with E-state index in [1.54, 1.807) is 0 Å². The highest BCUT2D eigenvalue weighted by Crippen LogP contribution is 2.35. The van der Waals surface area contributed by atoms with Crippen LogP contribution in [0.3, 0.4) is 0 Å². The Kier molecular flexibility index (Phi) is 4.76. The summed E-state index contributed by atoms with van der Waals surface area (Å²) in [4.78, 5) is 8.39. The van der Waals surface area contributed by atoms with Gasteiger partial charge in [-0.15, -0.1) is 0 Å². The van der Waals surface area contributed by atoms with Crippen molar-refractivity contribution in [3.63, 3.8) is 0 Å². The van der Waals surface area contributed by atoms with Gasteiger partial charge >= 0.3 is 0 Å². The molecule has 0 aliphatic carbocycles. The first-order valence-electron chi connectivity index (χ1n) is 7.71. The van der Waals surface area contributed by atoms with Gasteiger partial charge in [0.1, 0.15) is 36.3 Å². The fourth-order valence-corrected chi connectivity index (χ4v) is 2.67. The zero-order valence-electron chi connectivity index (χ0n) is 13.5. The Morgan fingerprint density at radius 1 is 1.29 bits per heavy atom. The number of nitrogens with zero attached hydrogens (tertiary/aromatic N) is 3. The van der Waals surface area contributed by atoms with Crippen LogP contribution in [0, 0.1) is 0 Å². The number of ether oxygens (including phenoxy) is 1. The first-order chi connectivity index (χ1) is 11.5. The average Bonchev–Trinajstić information content (AvgIpc) is 3.10. The van der Waals surface area contributed by atoms with Gasteiger partial charge in [0.05, 0.1) is 12.3 Å². The summed E-state index contributed by atoms with van der Waals surface area (Å²) >= 11 is 0. The van der Waals surface area contributed by atoms with Gasteiger partial charge in [0.15, 0.2) is 11.3 Å². The Labute approximate surface area is 138 Å². The molecule has 2 aromatic heterocycles. The minimum atomic E-state index is -1.18. The quantitative estimate of drug-likeness (QED) is 0.477. The van der Waals surface area contributed by atoms with E-state index in [9.17, 15) is 15.3 Å². The lowest BCUT2D eigenvalue weighted by Crippen LogP contribution is -2.32. The van der Waals surface area contributed by atoms with Crippen LogP contribution in [0.25, 0.3) is 11.0 Å². The number of aromatic amines is 1. The Bertz CT molecular complexity index is 743. The molecule has 9 heteroatoms. The highest BCUT2D eigenvalue weighted by Gasteiger charge is 2.44. The van der Waals surface area contributed by atoms with E-state index in [0.717, 1.165) is 0 Å². The smallest absolute Gasteiger partial charge is 0.158 e. The summed E-state index contributed by atoms with van der Waals surface area (Å²) < 4.78 is 5.53. The summed E-state index contributed by atoms with van der Waals surface area (Å²) in [5.41, 5.74) is 2.65. The molecule has 0 spiro atoms. The maximum atomic E-state index is 10.2. The fraction of sp³-hybridized carbons (Fsp3) is 0.533. The number of aliphatic hydroxyl groups excluding tert-OH is 3. The van der Waals surface area contributed by atoms with Crippen molar-refractivity contribution in [1.82, 2.24) is 20.2 Å². The summed E-state index contributed by atoms with van der Waals surface area (Å²) in [5, 5.41) is 39.4. The van der Waals surface area contributed by atoms with Crippen molar-refractivity contribution in [2.75, 3.05) is 18.5 Å². The highest BCUT2D eigenvalue weighted by atomic mass is 16.6. The number of rotatable bonds is 5. The maximum Gasteiger partial charge on any atom is 0.158 e. The molecule has 1 aliphatic rings. The molecule has 9 nitrogen and oxygen atoms in total. The van der Waals surface area contributed by atoms with E-state index < -0.39 is 24.4 Å². The molecule has 0 amide bonds. The van der Waals surface area contributed by atoms with Gasteiger partial charge in [-0.3, -0.25) is 5.10 Å². The highest BCUT2D eigenvalue weighted by molar-refractivity contribution is 5.87. The van der Waals surface area contributed by atoms with Gasteiger partial charge in [0.2, 0.25) is 0 Å². The van der Waals surface area contributed by atoms with Crippen molar-refractivity contribution in [3.05, 3.63) is 23.7 Å². The molecule has 130 valence electrons. The van der Waals surface area contributed by atoms with Gasteiger partial charge in [-0.25, -0.2) is 9.97 Å². The molecule has 1 aliphatic heterocycles. The molecule has 24 heavy (non-hydrogen) atoms. The average molecular weight is 335 g/mol. The summed E-state index contributed by atoms with van der Waals surface area (Å²) in [6, 6.07) is 0. The van der Waals surface area contributed by atoms with Crippen molar-refractivity contribution in [3.8, 4) is 0 Å². The lowest BCUT2D eigenvalue weighted by molar-refractivity contribution is -0.0236. The Morgan fingerprint density at radius 2 is 2.08 bits per heavy atom. The molecule has 4 atom stereocenters. The van der Waals surface area contributed by atoms with E-state index in [1.165, 1.54) is 11.9 Å². The predicted molar refractivity (Wildman–Crippen MR) is 86.3 cm³/mol. The molecule has 0 saturated carbocycles. The van der Waals surface area contributed by atoms with Crippen molar-refractivity contribution < 1.29 is 20.1 Å². The van der Waals surface area contributed by atoms with Crippen molar-refractivity contribution >= 4 is 16.9 Å². The molecule has 0 bridgehead atoms. The number of anilines is 1. The van der Waals surface area contributed by atoms with Crippen LogP contribution in [0.2, 0.25) is 0 Å². The van der Waals surface area contributed by atoms with Gasteiger partial charge in [-0.2, -0.15) is 5.10 Å². The summed E-state index contributed by atoms with van der Waals surface area (Å²) in [6.45, 7) is 4.23. The van der Waals surface area contributed by atoms with Crippen LogP contribution >= 0.6 is 0 Å². The molecule has 1 fully saturated rings. The molecule has 2 aromatic rings. The molecular weight excluding hydrogens is 314 g/mol. The lowest BCUT2D eigenvalue weighted by atomic mass is 10.1. The summed E-state index contributed by atoms with van der Waals surface area (Å²) in [7, 11) is 0. The second-order valence-corrected chi connectivity index (χ2v) is 5.98. The Hall–Kier alpha value is -2.07. The first-order valence-corrected chi connectivity index (χ1v) is 7.71. The van der Waals surface area contributed by atoms with Gasteiger partial charge in [0.25, 0.3) is 0 Å². The third-order valence-electron chi connectivity index (χ3n) is 3.97. The van der Waals surface area contributed by atoms with Crippen LogP contribution in [-0.2, 0) is 4.74 Å². The number of aromatic nitrogens is 4. The Morgan fingerprint density at radius 3 is 2.75 bits per heavy atom. The van der Waals surface area contributed by atoms with Crippen LogP contribution in [0.5, 0.6) is 0 Å². The third kappa shape index (κ3) is 2.98. The summed E-state index contributed by atoms with van der Waals surface area (Å²) in [5.74, 6) is 0.562. The van der Waals surface area contributed by atoms with E-state index in [4.69, 9.17) is 4.74 Å². The molecule has 3 rings (SSSR count). The number of allylic oxidation sites excluding steroid dienone is 1. The standard InChI is InChI=1S/C15H21N5O4/c1-7(2)3-4-16-15-11-9(17-6-18-15)10(19-20-11)14-13(23)12(22)8(5-21)24-14/h3,6,8,12-14,21-23H,4-5H2,1-2H3,(H,19,20)(H,16,17,18). The van der Waals surface area contributed by atoms with Gasteiger partial charge < -0.3 is 25.4 Å². The SMILES string of the molecule is CC(C)=CCNc1ncnc2c(C3OC(CO)C(O)C3O)[nH]nc12. The largest absolute Gasteiger partial charge is 0.394 e. The Balaban J connectivity index is 1.90. The molecular formula is C15H21N5O4. The van der Waals surface area contributed by atoms with Crippen LogP contribution in [-0.4, -0.2) is 66.9 Å². The first kappa shape index (κ1) is 16.8.